The molecule has 0 radical (unpaired) electrons. The average Bonchev–Trinajstić information content (AvgIpc) is 2.59. The summed E-state index contributed by atoms with van der Waals surface area (Å²) in [5, 5.41) is 20.6. The largest absolute Gasteiger partial charge is 0.278 e. The first kappa shape index (κ1) is 5.21. The molecule has 2 rings (SSSR count). The summed E-state index contributed by atoms with van der Waals surface area (Å²) in [4.78, 5) is 0. The molecule has 0 spiro atoms. The first-order valence-corrected chi connectivity index (χ1v) is 2.76. The lowest BCUT2D eigenvalue weighted by molar-refractivity contribution is 0.728. The van der Waals surface area contributed by atoms with Gasteiger partial charge in [-0.3, -0.25) is 5.10 Å². The Morgan fingerprint density at radius 2 is 2.10 bits per heavy atom. The molecular weight excluding hydrogens is 132 g/mol. The molecule has 1 aliphatic heterocycles. The minimum atomic E-state index is -0.303. The van der Waals surface area contributed by atoms with E-state index in [-0.39, 0.29) is 6.17 Å². The summed E-state index contributed by atoms with van der Waals surface area (Å²) in [5.74, 6) is 0. The van der Waals surface area contributed by atoms with Gasteiger partial charge in [-0.1, -0.05) is 0 Å². The Morgan fingerprint density at radius 3 is 2.70 bits per heavy atom. The van der Waals surface area contributed by atoms with Gasteiger partial charge in [-0.15, -0.1) is 10.2 Å². The summed E-state index contributed by atoms with van der Waals surface area (Å²) in [6, 6.07) is 1.79. The minimum absolute atomic E-state index is 0.303. The normalized spacial score (nSPS) is 16.8. The summed E-state index contributed by atoms with van der Waals surface area (Å²) in [6.07, 6.45) is 1.33. The van der Waals surface area contributed by atoms with Gasteiger partial charge in [0, 0.05) is 6.20 Å². The fourth-order valence-electron chi connectivity index (χ4n) is 0.702. The van der Waals surface area contributed by atoms with Gasteiger partial charge in [-0.2, -0.15) is 5.10 Å². The zero-order valence-electron chi connectivity index (χ0n) is 4.97. The summed E-state index contributed by atoms with van der Waals surface area (Å²) in [6.45, 7) is 0. The summed E-state index contributed by atoms with van der Waals surface area (Å²) in [7, 11) is 0. The third kappa shape index (κ3) is 0.697. The Bertz CT molecular complexity index is 247. The number of nitrogens with zero attached hydrogens (tertiary/aromatic N) is 5. The van der Waals surface area contributed by atoms with Gasteiger partial charge in [-0.25, -0.2) is 0 Å². The molecule has 2 heterocycles. The van der Waals surface area contributed by atoms with Crippen LogP contribution in [-0.4, -0.2) is 10.2 Å². The van der Waals surface area contributed by atoms with Gasteiger partial charge in [0.05, 0.1) is 5.69 Å². The first-order chi connectivity index (χ1) is 4.97. The maximum absolute atomic E-state index is 3.74. The average molecular weight is 136 g/mol. The zero-order chi connectivity index (χ0) is 6.81. The second-order valence-corrected chi connectivity index (χ2v) is 1.80. The molecule has 1 N–H and O–H groups in total. The number of aromatic amines is 1. The quantitative estimate of drug-likeness (QED) is 0.619. The van der Waals surface area contributed by atoms with E-state index < -0.39 is 0 Å². The maximum Gasteiger partial charge on any atom is 0.226 e. The van der Waals surface area contributed by atoms with Crippen molar-refractivity contribution in [3.63, 3.8) is 0 Å². The van der Waals surface area contributed by atoms with Gasteiger partial charge in [0.25, 0.3) is 0 Å². The number of aromatic nitrogens is 2. The van der Waals surface area contributed by atoms with Crippen molar-refractivity contribution in [1.82, 2.24) is 10.2 Å². The first-order valence-electron chi connectivity index (χ1n) is 2.76. The van der Waals surface area contributed by atoms with Crippen LogP contribution < -0.4 is 0 Å². The van der Waals surface area contributed by atoms with Crippen molar-refractivity contribution >= 4 is 0 Å². The van der Waals surface area contributed by atoms with Crippen LogP contribution in [0.4, 0.5) is 0 Å². The minimum Gasteiger partial charge on any atom is -0.278 e. The number of rotatable bonds is 1. The van der Waals surface area contributed by atoms with E-state index in [1.807, 2.05) is 0 Å². The molecule has 0 saturated carbocycles. The van der Waals surface area contributed by atoms with Crippen molar-refractivity contribution in [1.29, 1.82) is 0 Å². The smallest absolute Gasteiger partial charge is 0.226 e. The fraction of sp³-hybridized carbons (Fsp3) is 0.250. The summed E-state index contributed by atoms with van der Waals surface area (Å²) in [5.41, 5.74) is 0.810. The Kier molecular flexibility index (Phi) is 1.03. The highest BCUT2D eigenvalue weighted by atomic mass is 15.6. The zero-order valence-corrected chi connectivity index (χ0v) is 4.97. The van der Waals surface area contributed by atoms with E-state index in [4.69, 9.17) is 0 Å². The molecule has 10 heavy (non-hydrogen) atoms. The third-order valence-electron chi connectivity index (χ3n) is 1.16. The van der Waals surface area contributed by atoms with Crippen LogP contribution in [-0.2, 0) is 0 Å². The van der Waals surface area contributed by atoms with Crippen LogP contribution in [0.1, 0.15) is 11.9 Å². The predicted octanol–water partition coefficient (Wildman–Crippen LogP) is 1.24. The van der Waals surface area contributed by atoms with Crippen LogP contribution in [0.25, 0.3) is 0 Å². The summed E-state index contributed by atoms with van der Waals surface area (Å²) < 4.78 is 0. The lowest BCUT2D eigenvalue weighted by atomic mass is 10.4. The molecule has 0 bridgehead atoms. The Balaban J connectivity index is 2.29. The van der Waals surface area contributed by atoms with Crippen molar-refractivity contribution in [3.8, 4) is 0 Å². The molecule has 1 aromatic rings. The van der Waals surface area contributed by atoms with E-state index in [1.54, 1.807) is 12.3 Å². The Hall–Kier alpha value is -1.59. The molecule has 1 aliphatic rings. The Morgan fingerprint density at radius 1 is 1.30 bits per heavy atom. The van der Waals surface area contributed by atoms with Crippen LogP contribution in [0.15, 0.2) is 32.9 Å². The highest BCUT2D eigenvalue weighted by Crippen LogP contribution is 2.20. The summed E-state index contributed by atoms with van der Waals surface area (Å²) >= 11 is 0. The van der Waals surface area contributed by atoms with Crippen molar-refractivity contribution < 1.29 is 0 Å². The maximum atomic E-state index is 3.74. The van der Waals surface area contributed by atoms with E-state index in [9.17, 15) is 0 Å². The second kappa shape index (κ2) is 1.98. The van der Waals surface area contributed by atoms with E-state index in [2.05, 4.69) is 30.9 Å². The molecule has 0 fully saturated rings. The number of nitrogens with one attached hydrogen (secondary N) is 1. The monoisotopic (exact) mass is 136 g/mol. The molecule has 0 atom stereocenters. The lowest BCUT2D eigenvalue weighted by Crippen LogP contribution is -1.87. The van der Waals surface area contributed by atoms with Crippen LogP contribution in [0.3, 0.4) is 0 Å². The van der Waals surface area contributed by atoms with Gasteiger partial charge in [0.2, 0.25) is 6.17 Å². The molecule has 50 valence electrons. The van der Waals surface area contributed by atoms with Crippen LogP contribution in [0, 0.1) is 0 Å². The van der Waals surface area contributed by atoms with Crippen LogP contribution in [0.2, 0.25) is 0 Å². The standard InChI is InChI=1S/C4H4N6/c1-2-5-6-3(1)4-7-9-10-8-4/h1-2,4H,(H,5,6). The van der Waals surface area contributed by atoms with Gasteiger partial charge in [0.1, 0.15) is 0 Å². The fourth-order valence-corrected chi connectivity index (χ4v) is 0.702. The molecule has 0 amide bonds. The number of hydrogen-bond donors (Lipinski definition) is 1. The topological polar surface area (TPSA) is 78.1 Å². The van der Waals surface area contributed by atoms with Crippen molar-refractivity contribution in [2.24, 2.45) is 20.7 Å². The van der Waals surface area contributed by atoms with Crippen LogP contribution in [0.5, 0.6) is 0 Å². The van der Waals surface area contributed by atoms with E-state index in [0.29, 0.717) is 0 Å². The van der Waals surface area contributed by atoms with Crippen molar-refractivity contribution in [2.75, 3.05) is 0 Å². The third-order valence-corrected chi connectivity index (χ3v) is 1.16. The van der Waals surface area contributed by atoms with E-state index in [1.165, 1.54) is 0 Å². The lowest BCUT2D eigenvalue weighted by Gasteiger charge is -1.92. The predicted molar refractivity (Wildman–Crippen MR) is 31.0 cm³/mol. The van der Waals surface area contributed by atoms with Gasteiger partial charge < -0.3 is 0 Å². The Labute approximate surface area is 56.1 Å². The molecule has 1 aromatic heterocycles. The van der Waals surface area contributed by atoms with Gasteiger partial charge >= 0.3 is 0 Å². The molecule has 0 saturated heterocycles. The molecule has 0 aromatic carbocycles. The highest BCUT2D eigenvalue weighted by Gasteiger charge is 2.12. The van der Waals surface area contributed by atoms with E-state index >= 15 is 0 Å². The van der Waals surface area contributed by atoms with Gasteiger partial charge in [-0.05, 0) is 16.5 Å². The molecule has 0 aliphatic carbocycles. The van der Waals surface area contributed by atoms with E-state index in [0.717, 1.165) is 5.69 Å². The van der Waals surface area contributed by atoms with Crippen molar-refractivity contribution in [2.45, 2.75) is 6.17 Å². The molecule has 0 unspecified atom stereocenters. The molecule has 6 heteroatoms. The van der Waals surface area contributed by atoms with Crippen molar-refractivity contribution in [3.05, 3.63) is 18.0 Å². The molecular formula is C4H4N6. The highest BCUT2D eigenvalue weighted by molar-refractivity contribution is 5.03. The van der Waals surface area contributed by atoms with Gasteiger partial charge in [0.15, 0.2) is 0 Å². The molecule has 6 nitrogen and oxygen atoms in total. The number of H-pyrrole nitrogens is 1. The second-order valence-electron chi connectivity index (χ2n) is 1.80. The number of hydrogen-bond acceptors (Lipinski definition) is 5. The SMILES string of the molecule is c1cc(C2N=NN=N2)[nH]n1. The van der Waals surface area contributed by atoms with Crippen LogP contribution >= 0.6 is 0 Å².